The van der Waals surface area contributed by atoms with E-state index in [1.54, 1.807) is 18.9 Å². The highest BCUT2D eigenvalue weighted by molar-refractivity contribution is 5.97. The number of hydrogen-bond donors (Lipinski definition) is 0. The van der Waals surface area contributed by atoms with E-state index in [4.69, 9.17) is 9.47 Å². The molecule has 0 saturated heterocycles. The molecule has 1 aliphatic heterocycles. The van der Waals surface area contributed by atoms with E-state index in [9.17, 15) is 9.59 Å². The second kappa shape index (κ2) is 6.41. The van der Waals surface area contributed by atoms with Gasteiger partial charge in [0.25, 0.3) is 5.91 Å². The molecule has 0 atom stereocenters. The minimum atomic E-state index is -0.166. The molecule has 0 spiro atoms. The Morgan fingerprint density at radius 2 is 2.25 bits per heavy atom. The van der Waals surface area contributed by atoms with Crippen LogP contribution in [0.15, 0.2) is 18.2 Å². The molecule has 0 N–H and O–H groups in total. The number of ether oxygens (including phenoxy) is 2. The van der Waals surface area contributed by atoms with Gasteiger partial charge in [-0.2, -0.15) is 0 Å². The Balaban J connectivity index is 1.97. The Labute approximate surface area is 118 Å². The molecule has 0 aliphatic carbocycles. The first kappa shape index (κ1) is 14.4. The zero-order valence-electron chi connectivity index (χ0n) is 11.8. The summed E-state index contributed by atoms with van der Waals surface area (Å²) in [7, 11) is 1.74. The highest BCUT2D eigenvalue weighted by Crippen LogP contribution is 2.32. The average Bonchev–Trinajstić information content (AvgIpc) is 2.44. The normalized spacial score (nSPS) is 13.7. The molecule has 0 radical (unpaired) electrons. The van der Waals surface area contributed by atoms with Gasteiger partial charge in [-0.15, -0.1) is 0 Å². The van der Waals surface area contributed by atoms with Crippen molar-refractivity contribution in [1.29, 1.82) is 0 Å². The van der Waals surface area contributed by atoms with Crippen LogP contribution >= 0.6 is 0 Å². The lowest BCUT2D eigenvalue weighted by atomic mass is 10.1. The quantitative estimate of drug-likeness (QED) is 0.772. The van der Waals surface area contributed by atoms with Gasteiger partial charge in [-0.05, 0) is 37.5 Å². The summed E-state index contributed by atoms with van der Waals surface area (Å²) >= 11 is 0. The molecule has 1 heterocycles. The van der Waals surface area contributed by atoms with Gasteiger partial charge in [0.05, 0.1) is 12.3 Å². The molecule has 5 nitrogen and oxygen atoms in total. The fourth-order valence-corrected chi connectivity index (χ4v) is 2.14. The Morgan fingerprint density at radius 1 is 1.45 bits per heavy atom. The molecule has 2 rings (SSSR count). The monoisotopic (exact) mass is 277 g/mol. The van der Waals surface area contributed by atoms with Crippen LogP contribution in [0.3, 0.4) is 0 Å². The molecular weight excluding hydrogens is 258 g/mol. The first-order valence-corrected chi connectivity index (χ1v) is 6.79. The number of likely N-dealkylation sites (N-methyl/N-ethyl adjacent to an activating group) is 1. The number of fused-ring (bicyclic) bond motifs is 1. The second-order valence-corrected chi connectivity index (χ2v) is 4.70. The van der Waals surface area contributed by atoms with E-state index in [2.05, 4.69) is 0 Å². The number of aryl methyl sites for hydroxylation is 1. The van der Waals surface area contributed by atoms with Gasteiger partial charge in [-0.3, -0.25) is 9.59 Å². The average molecular weight is 277 g/mol. The van der Waals surface area contributed by atoms with Crippen molar-refractivity contribution in [3.63, 3.8) is 0 Å². The molecule has 1 aromatic carbocycles. The topological polar surface area (TPSA) is 55.8 Å². The summed E-state index contributed by atoms with van der Waals surface area (Å²) in [5.41, 5.74) is 1.87. The third-order valence-electron chi connectivity index (χ3n) is 3.26. The summed E-state index contributed by atoms with van der Waals surface area (Å²) < 4.78 is 10.3. The first-order valence-electron chi connectivity index (χ1n) is 6.79. The fraction of sp³-hybridized carbons (Fsp3) is 0.467. The van der Waals surface area contributed by atoms with Gasteiger partial charge in [0, 0.05) is 13.5 Å². The van der Waals surface area contributed by atoms with E-state index in [1.807, 2.05) is 18.2 Å². The van der Waals surface area contributed by atoms with E-state index < -0.39 is 0 Å². The van der Waals surface area contributed by atoms with E-state index in [-0.39, 0.29) is 18.5 Å². The van der Waals surface area contributed by atoms with Gasteiger partial charge in [-0.25, -0.2) is 0 Å². The molecule has 20 heavy (non-hydrogen) atoms. The molecule has 0 bridgehead atoms. The molecule has 0 fully saturated rings. The Bertz CT molecular complexity index is 513. The zero-order valence-corrected chi connectivity index (χ0v) is 11.8. The number of nitrogens with zero attached hydrogens (tertiary/aromatic N) is 1. The highest BCUT2D eigenvalue weighted by atomic mass is 16.5. The van der Waals surface area contributed by atoms with Gasteiger partial charge in [0.2, 0.25) is 0 Å². The number of anilines is 1. The number of rotatable bonds is 5. The largest absolute Gasteiger partial charge is 0.482 e. The fourth-order valence-electron chi connectivity index (χ4n) is 2.14. The smallest absolute Gasteiger partial charge is 0.305 e. The lowest BCUT2D eigenvalue weighted by Gasteiger charge is -2.26. The van der Waals surface area contributed by atoms with Crippen LogP contribution in [0, 0.1) is 0 Å². The summed E-state index contributed by atoms with van der Waals surface area (Å²) in [5.74, 6) is 0.503. The highest BCUT2D eigenvalue weighted by Gasteiger charge is 2.22. The van der Waals surface area contributed by atoms with Crippen LogP contribution in [-0.4, -0.2) is 32.1 Å². The maximum atomic E-state index is 11.6. The predicted octanol–water partition coefficient (Wildman–Crippen LogP) is 1.93. The number of amides is 1. The summed E-state index contributed by atoms with van der Waals surface area (Å²) in [6.45, 7) is 2.31. The second-order valence-electron chi connectivity index (χ2n) is 4.70. The molecule has 1 aliphatic rings. The number of esters is 1. The third kappa shape index (κ3) is 3.29. The van der Waals surface area contributed by atoms with Gasteiger partial charge >= 0.3 is 5.97 Å². The predicted molar refractivity (Wildman–Crippen MR) is 74.9 cm³/mol. The van der Waals surface area contributed by atoms with E-state index >= 15 is 0 Å². The van der Waals surface area contributed by atoms with Crippen LogP contribution in [0.1, 0.15) is 25.3 Å². The number of benzene rings is 1. The Morgan fingerprint density at radius 3 is 3.00 bits per heavy atom. The van der Waals surface area contributed by atoms with Crippen LogP contribution in [0.5, 0.6) is 5.75 Å². The van der Waals surface area contributed by atoms with Crippen molar-refractivity contribution in [2.45, 2.75) is 26.2 Å². The minimum absolute atomic E-state index is 0.0545. The van der Waals surface area contributed by atoms with Gasteiger partial charge in [-0.1, -0.05) is 6.07 Å². The van der Waals surface area contributed by atoms with Crippen molar-refractivity contribution >= 4 is 17.6 Å². The number of carbonyl (C=O) groups excluding carboxylic acids is 2. The van der Waals surface area contributed by atoms with Crippen molar-refractivity contribution in [1.82, 2.24) is 0 Å². The summed E-state index contributed by atoms with van der Waals surface area (Å²) in [4.78, 5) is 24.5. The molecule has 1 aromatic rings. The number of carbonyl (C=O) groups is 2. The first-order chi connectivity index (χ1) is 9.61. The zero-order chi connectivity index (χ0) is 14.5. The number of hydrogen-bond acceptors (Lipinski definition) is 4. The summed E-state index contributed by atoms with van der Waals surface area (Å²) in [6, 6.07) is 5.78. The summed E-state index contributed by atoms with van der Waals surface area (Å²) in [6.07, 6.45) is 1.92. The van der Waals surface area contributed by atoms with E-state index in [0.717, 1.165) is 29.8 Å². The van der Waals surface area contributed by atoms with Crippen molar-refractivity contribution < 1.29 is 19.1 Å². The molecular formula is C15H19NO4. The van der Waals surface area contributed by atoms with Crippen LogP contribution in [0.4, 0.5) is 5.69 Å². The lowest BCUT2D eigenvalue weighted by Crippen LogP contribution is -2.35. The molecule has 1 amide bonds. The van der Waals surface area contributed by atoms with E-state index in [0.29, 0.717) is 13.0 Å². The van der Waals surface area contributed by atoms with Gasteiger partial charge < -0.3 is 14.4 Å². The van der Waals surface area contributed by atoms with E-state index in [1.165, 1.54) is 0 Å². The molecule has 0 saturated carbocycles. The Hall–Kier alpha value is -2.04. The maximum absolute atomic E-state index is 11.6. The van der Waals surface area contributed by atoms with Gasteiger partial charge in [0.1, 0.15) is 5.75 Å². The van der Waals surface area contributed by atoms with Crippen LogP contribution in [-0.2, 0) is 20.7 Å². The standard InChI is InChI=1S/C15H19NO4/c1-3-19-15(18)6-4-5-11-7-8-13-12(9-11)16(2)14(17)10-20-13/h7-9H,3-6,10H2,1-2H3. The molecule has 108 valence electrons. The van der Waals surface area contributed by atoms with Crippen molar-refractivity contribution in [2.75, 3.05) is 25.2 Å². The van der Waals surface area contributed by atoms with Crippen molar-refractivity contribution in [2.24, 2.45) is 0 Å². The minimum Gasteiger partial charge on any atom is -0.482 e. The Kier molecular flexibility index (Phi) is 4.61. The maximum Gasteiger partial charge on any atom is 0.305 e. The van der Waals surface area contributed by atoms with Crippen molar-refractivity contribution in [3.05, 3.63) is 23.8 Å². The van der Waals surface area contributed by atoms with Crippen LogP contribution in [0.2, 0.25) is 0 Å². The molecule has 0 unspecified atom stereocenters. The van der Waals surface area contributed by atoms with Crippen LogP contribution < -0.4 is 9.64 Å². The SMILES string of the molecule is CCOC(=O)CCCc1ccc2c(c1)N(C)C(=O)CO2. The summed E-state index contributed by atoms with van der Waals surface area (Å²) in [5, 5.41) is 0. The van der Waals surface area contributed by atoms with Crippen LogP contribution in [0.25, 0.3) is 0 Å². The third-order valence-corrected chi connectivity index (χ3v) is 3.26. The lowest BCUT2D eigenvalue weighted by molar-refractivity contribution is -0.143. The molecule has 5 heteroatoms. The van der Waals surface area contributed by atoms with Gasteiger partial charge in [0.15, 0.2) is 6.61 Å². The molecule has 0 aromatic heterocycles. The van der Waals surface area contributed by atoms with Crippen molar-refractivity contribution in [3.8, 4) is 5.75 Å².